The predicted molar refractivity (Wildman–Crippen MR) is 110 cm³/mol. The Morgan fingerprint density at radius 3 is 2.16 bits per heavy atom. The summed E-state index contributed by atoms with van der Waals surface area (Å²) in [5.74, 6) is 0.579. The van der Waals surface area contributed by atoms with Crippen molar-refractivity contribution in [1.29, 1.82) is 0 Å². The van der Waals surface area contributed by atoms with E-state index in [-0.39, 0.29) is 16.2 Å². The molecule has 0 spiro atoms. The van der Waals surface area contributed by atoms with E-state index in [2.05, 4.69) is 78.0 Å². The maximum atomic E-state index is 7.37. The summed E-state index contributed by atoms with van der Waals surface area (Å²) in [6, 6.07) is 12.2. The zero-order valence-electron chi connectivity index (χ0n) is 17.1. The summed E-state index contributed by atoms with van der Waals surface area (Å²) in [5.41, 5.74) is 3.07. The number of allylic oxidation sites excluding steroid dienone is 1. The minimum absolute atomic E-state index is 0.211. The molecule has 1 heterocycles. The molecule has 1 saturated carbocycles. The largest absolute Gasteiger partial charge is 0.408 e. The van der Waals surface area contributed by atoms with Crippen molar-refractivity contribution >= 4 is 8.32 Å². The molecule has 2 heteroatoms. The van der Waals surface area contributed by atoms with E-state index in [9.17, 15) is 0 Å². The Morgan fingerprint density at radius 1 is 0.920 bits per heavy atom. The quantitative estimate of drug-likeness (QED) is 0.376. The fourth-order valence-corrected chi connectivity index (χ4v) is 10.9. The summed E-state index contributed by atoms with van der Waals surface area (Å²) < 4.78 is 7.37. The van der Waals surface area contributed by atoms with Crippen LogP contribution in [0, 0.1) is 5.92 Å². The second kappa shape index (κ2) is 6.70. The predicted octanol–water partition coefficient (Wildman–Crippen LogP) is 7.42. The van der Waals surface area contributed by atoms with Crippen molar-refractivity contribution in [3.8, 4) is 0 Å². The van der Waals surface area contributed by atoms with E-state index >= 15 is 0 Å². The molecule has 0 N–H and O–H groups in total. The van der Waals surface area contributed by atoms with Gasteiger partial charge in [-0.1, -0.05) is 89.9 Å². The van der Waals surface area contributed by atoms with Gasteiger partial charge >= 0.3 is 0 Å². The molecular formula is C23H36OSi. The summed E-state index contributed by atoms with van der Waals surface area (Å²) in [6.07, 6.45) is 8.11. The molecule has 25 heavy (non-hydrogen) atoms. The van der Waals surface area contributed by atoms with E-state index in [0.29, 0.717) is 5.92 Å². The molecule has 3 rings (SSSR count). The first-order valence-corrected chi connectivity index (χ1v) is 12.2. The van der Waals surface area contributed by atoms with Crippen molar-refractivity contribution in [3.05, 3.63) is 47.5 Å². The molecule has 0 unspecified atom stereocenters. The molecule has 1 nitrogen and oxygen atoms in total. The van der Waals surface area contributed by atoms with Crippen molar-refractivity contribution < 1.29 is 4.43 Å². The lowest BCUT2D eigenvalue weighted by atomic mass is 9.78. The van der Waals surface area contributed by atoms with Gasteiger partial charge in [-0.15, -0.1) is 0 Å². The highest BCUT2D eigenvalue weighted by Gasteiger charge is 2.57. The van der Waals surface area contributed by atoms with Gasteiger partial charge in [-0.3, -0.25) is 0 Å². The Kier molecular flexibility index (Phi) is 5.07. The first-order chi connectivity index (χ1) is 11.7. The monoisotopic (exact) mass is 356 g/mol. The van der Waals surface area contributed by atoms with Crippen molar-refractivity contribution in [1.82, 2.24) is 0 Å². The highest BCUT2D eigenvalue weighted by atomic mass is 28.4. The van der Waals surface area contributed by atoms with Gasteiger partial charge in [-0.25, -0.2) is 0 Å². The van der Waals surface area contributed by atoms with Crippen LogP contribution in [0.1, 0.15) is 78.9 Å². The summed E-state index contributed by atoms with van der Waals surface area (Å²) >= 11 is 0. The SMILES string of the molecule is CC(C)(C)[Si]1(C(C)(C)C)CC=C2CCCC[C@@H]2[C@@H](c2ccccc2)O1. The number of benzene rings is 1. The third-order valence-corrected chi connectivity index (χ3v) is 12.9. The molecule has 1 aromatic rings. The van der Waals surface area contributed by atoms with E-state index in [4.69, 9.17) is 4.43 Å². The zero-order chi connectivity index (χ0) is 18.3. The molecule has 0 bridgehead atoms. The molecule has 1 fully saturated rings. The van der Waals surface area contributed by atoms with Gasteiger partial charge in [0.25, 0.3) is 0 Å². The van der Waals surface area contributed by atoms with Crippen LogP contribution in [-0.2, 0) is 4.43 Å². The van der Waals surface area contributed by atoms with Crippen LogP contribution >= 0.6 is 0 Å². The number of rotatable bonds is 1. The van der Waals surface area contributed by atoms with Crippen molar-refractivity contribution in [2.24, 2.45) is 5.92 Å². The van der Waals surface area contributed by atoms with Crippen LogP contribution in [0.3, 0.4) is 0 Å². The number of hydrogen-bond acceptors (Lipinski definition) is 1. The lowest BCUT2D eigenvalue weighted by Crippen LogP contribution is -2.54. The molecule has 0 saturated heterocycles. The van der Waals surface area contributed by atoms with Crippen LogP contribution in [0.25, 0.3) is 0 Å². The third kappa shape index (κ3) is 3.40. The number of hydrogen-bond donors (Lipinski definition) is 0. The highest BCUT2D eigenvalue weighted by Crippen LogP contribution is 2.59. The van der Waals surface area contributed by atoms with E-state index < -0.39 is 8.32 Å². The van der Waals surface area contributed by atoms with Gasteiger partial charge in [0.2, 0.25) is 8.32 Å². The van der Waals surface area contributed by atoms with E-state index in [1.807, 2.05) is 0 Å². The van der Waals surface area contributed by atoms with Crippen LogP contribution in [0.4, 0.5) is 0 Å². The van der Waals surface area contributed by atoms with Gasteiger partial charge in [-0.2, -0.15) is 0 Å². The minimum Gasteiger partial charge on any atom is -0.408 e. The van der Waals surface area contributed by atoms with Crippen LogP contribution in [0.2, 0.25) is 16.1 Å². The molecule has 1 aromatic carbocycles. The standard InChI is InChI=1S/C23H36OSi/c1-22(2,3)25(23(4,5)6)17-16-18-12-10-11-15-20(18)21(24-25)19-13-8-7-9-14-19/h7-9,13-14,16,20-21H,10-12,15,17H2,1-6H3/t20-,21+/m0/s1. The molecule has 1 aliphatic carbocycles. The van der Waals surface area contributed by atoms with E-state index in [1.54, 1.807) is 5.57 Å². The summed E-state index contributed by atoms with van der Waals surface area (Å²) in [6.45, 7) is 14.5. The van der Waals surface area contributed by atoms with Gasteiger partial charge in [0.1, 0.15) is 0 Å². The highest BCUT2D eigenvalue weighted by molar-refractivity contribution is 6.79. The average molecular weight is 357 g/mol. The van der Waals surface area contributed by atoms with Gasteiger partial charge in [-0.05, 0) is 40.9 Å². The minimum atomic E-state index is -2.05. The van der Waals surface area contributed by atoms with Crippen molar-refractivity contribution in [3.63, 3.8) is 0 Å². The van der Waals surface area contributed by atoms with Crippen LogP contribution in [0.15, 0.2) is 42.0 Å². The lowest BCUT2D eigenvalue weighted by molar-refractivity contribution is 0.112. The summed E-state index contributed by atoms with van der Waals surface area (Å²) in [5, 5.41) is 0.422. The Hall–Kier alpha value is -0.863. The molecule has 1 aliphatic heterocycles. The maximum Gasteiger partial charge on any atom is 0.207 e. The molecule has 138 valence electrons. The molecule has 2 aliphatic rings. The average Bonchev–Trinajstić information content (AvgIpc) is 2.73. The molecule has 2 atom stereocenters. The molecule has 0 radical (unpaired) electrons. The normalized spacial score (nSPS) is 27.2. The molecule has 0 amide bonds. The fourth-order valence-electron chi connectivity index (χ4n) is 5.32. The Morgan fingerprint density at radius 2 is 1.56 bits per heavy atom. The fraction of sp³-hybridized carbons (Fsp3) is 0.652. The lowest BCUT2D eigenvalue weighted by Gasteiger charge is -2.52. The van der Waals surface area contributed by atoms with Crippen molar-refractivity contribution in [2.75, 3.05) is 0 Å². The smallest absolute Gasteiger partial charge is 0.207 e. The molecule has 0 aromatic heterocycles. The van der Waals surface area contributed by atoms with E-state index in [0.717, 1.165) is 6.04 Å². The topological polar surface area (TPSA) is 9.23 Å². The van der Waals surface area contributed by atoms with Crippen molar-refractivity contribution in [2.45, 2.75) is 89.5 Å². The van der Waals surface area contributed by atoms with Gasteiger partial charge in [0.15, 0.2) is 0 Å². The zero-order valence-corrected chi connectivity index (χ0v) is 18.1. The van der Waals surface area contributed by atoms with Crippen LogP contribution < -0.4 is 0 Å². The Labute approximate surface area is 156 Å². The Bertz CT molecular complexity index is 604. The van der Waals surface area contributed by atoms with E-state index in [1.165, 1.54) is 31.2 Å². The van der Waals surface area contributed by atoms with Crippen LogP contribution in [0.5, 0.6) is 0 Å². The maximum absolute atomic E-state index is 7.37. The summed E-state index contributed by atoms with van der Waals surface area (Å²) in [4.78, 5) is 0. The third-order valence-electron chi connectivity index (χ3n) is 6.60. The second-order valence-corrected chi connectivity index (χ2v) is 15.4. The Balaban J connectivity index is 2.13. The summed E-state index contributed by atoms with van der Waals surface area (Å²) in [7, 11) is -2.05. The first-order valence-electron chi connectivity index (χ1n) is 10.1. The van der Waals surface area contributed by atoms with Crippen LogP contribution in [-0.4, -0.2) is 8.32 Å². The number of fused-ring (bicyclic) bond motifs is 1. The van der Waals surface area contributed by atoms with Gasteiger partial charge in [0, 0.05) is 5.92 Å². The first kappa shape index (κ1) is 18.9. The van der Waals surface area contributed by atoms with Gasteiger partial charge < -0.3 is 4.43 Å². The van der Waals surface area contributed by atoms with Gasteiger partial charge in [0.05, 0.1) is 6.10 Å². The molecular weight excluding hydrogens is 320 g/mol. The second-order valence-electron chi connectivity index (χ2n) is 10.1.